The predicted octanol–water partition coefficient (Wildman–Crippen LogP) is 4.37. The van der Waals surface area contributed by atoms with E-state index in [1.807, 2.05) is 0 Å². The Morgan fingerprint density at radius 3 is 2.37 bits per heavy atom. The zero-order valence-electron chi connectivity index (χ0n) is 18.1. The summed E-state index contributed by atoms with van der Waals surface area (Å²) < 4.78 is 5.03. The molecule has 0 unspecified atom stereocenters. The summed E-state index contributed by atoms with van der Waals surface area (Å²) in [6, 6.07) is 0. The fourth-order valence-corrected chi connectivity index (χ4v) is 7.27. The lowest BCUT2D eigenvalue weighted by atomic mass is 9.72. The van der Waals surface area contributed by atoms with Crippen molar-refractivity contribution in [2.75, 3.05) is 12.4 Å². The number of anilines is 1. The van der Waals surface area contributed by atoms with Crippen molar-refractivity contribution in [3.8, 4) is 0 Å². The number of esters is 1. The molecule has 0 aromatic carbocycles. The third-order valence-corrected chi connectivity index (χ3v) is 8.79. The van der Waals surface area contributed by atoms with Crippen LogP contribution in [0.4, 0.5) is 5.00 Å². The summed E-state index contributed by atoms with van der Waals surface area (Å²) in [4.78, 5) is 38.7. The van der Waals surface area contributed by atoms with Gasteiger partial charge in [0, 0.05) is 4.88 Å². The maximum Gasteiger partial charge on any atom is 0.341 e. The van der Waals surface area contributed by atoms with Crippen LogP contribution in [0.1, 0.15) is 67.3 Å². The van der Waals surface area contributed by atoms with E-state index in [4.69, 9.17) is 4.74 Å². The van der Waals surface area contributed by atoms with Gasteiger partial charge >= 0.3 is 11.9 Å². The van der Waals surface area contributed by atoms with Crippen molar-refractivity contribution < 1.29 is 24.2 Å². The Kier molecular flexibility index (Phi) is 5.45. The predicted molar refractivity (Wildman–Crippen MR) is 115 cm³/mol. The van der Waals surface area contributed by atoms with Crippen LogP contribution in [0.25, 0.3) is 0 Å². The molecule has 3 aliphatic carbocycles. The van der Waals surface area contributed by atoms with Crippen molar-refractivity contribution in [3.05, 3.63) is 16.0 Å². The summed E-state index contributed by atoms with van der Waals surface area (Å²) in [6.07, 6.45) is 5.28. The third-order valence-electron chi connectivity index (χ3n) is 7.62. The van der Waals surface area contributed by atoms with Gasteiger partial charge in [0.05, 0.1) is 24.5 Å². The summed E-state index contributed by atoms with van der Waals surface area (Å²) in [5, 5.41) is 13.2. The smallest absolute Gasteiger partial charge is 0.341 e. The van der Waals surface area contributed by atoms with Crippen LogP contribution in [-0.4, -0.2) is 30.1 Å². The normalized spacial score (nSPS) is 30.1. The molecule has 0 saturated heterocycles. The lowest BCUT2D eigenvalue weighted by Crippen LogP contribution is -2.38. The van der Waals surface area contributed by atoms with Gasteiger partial charge in [-0.2, -0.15) is 0 Å². The summed E-state index contributed by atoms with van der Waals surface area (Å²) in [5.41, 5.74) is 1.63. The number of fused-ring (bicyclic) bond motifs is 3. The van der Waals surface area contributed by atoms with E-state index < -0.39 is 23.8 Å². The zero-order valence-corrected chi connectivity index (χ0v) is 18.9. The number of carbonyl (C=O) groups excluding carboxylic acids is 2. The number of hydrogen-bond acceptors (Lipinski definition) is 5. The number of amides is 1. The number of ether oxygens (including phenoxy) is 1. The van der Waals surface area contributed by atoms with Crippen LogP contribution in [0.3, 0.4) is 0 Å². The van der Waals surface area contributed by atoms with Gasteiger partial charge in [0.15, 0.2) is 0 Å². The molecular formula is C23H31NO5S. The molecule has 2 saturated carbocycles. The molecule has 5 atom stereocenters. The quantitative estimate of drug-likeness (QED) is 0.688. The Hall–Kier alpha value is -1.89. The van der Waals surface area contributed by atoms with Gasteiger partial charge in [-0.05, 0) is 67.3 Å². The second kappa shape index (κ2) is 7.66. The van der Waals surface area contributed by atoms with Crippen LogP contribution in [0, 0.1) is 35.0 Å². The monoisotopic (exact) mass is 433 g/mol. The Balaban J connectivity index is 1.63. The highest BCUT2D eigenvalue weighted by molar-refractivity contribution is 7.17. The molecule has 2 N–H and O–H groups in total. The van der Waals surface area contributed by atoms with Crippen molar-refractivity contribution in [1.29, 1.82) is 0 Å². The van der Waals surface area contributed by atoms with Crippen LogP contribution < -0.4 is 5.32 Å². The molecule has 2 fully saturated rings. The minimum atomic E-state index is -0.881. The summed E-state index contributed by atoms with van der Waals surface area (Å²) in [5.74, 6) is -1.98. The molecule has 4 rings (SSSR count). The molecule has 7 heteroatoms. The number of thiophene rings is 1. The van der Waals surface area contributed by atoms with Gasteiger partial charge in [0.1, 0.15) is 5.00 Å². The number of nitrogens with one attached hydrogen (secondary N) is 1. The maximum atomic E-state index is 13.2. The van der Waals surface area contributed by atoms with E-state index >= 15 is 0 Å². The fraction of sp³-hybridized carbons (Fsp3) is 0.696. The van der Waals surface area contributed by atoms with Crippen LogP contribution in [-0.2, 0) is 27.2 Å². The molecule has 0 radical (unpaired) electrons. The number of carbonyl (C=O) groups is 3. The van der Waals surface area contributed by atoms with Crippen molar-refractivity contribution in [1.82, 2.24) is 0 Å². The van der Waals surface area contributed by atoms with Crippen LogP contribution in [0.5, 0.6) is 0 Å². The summed E-state index contributed by atoms with van der Waals surface area (Å²) >= 11 is 1.46. The molecule has 164 valence electrons. The topological polar surface area (TPSA) is 92.7 Å². The van der Waals surface area contributed by atoms with Crippen molar-refractivity contribution in [2.24, 2.45) is 35.0 Å². The van der Waals surface area contributed by atoms with E-state index in [1.165, 1.54) is 18.4 Å². The van der Waals surface area contributed by atoms with Gasteiger partial charge in [0.25, 0.3) is 0 Å². The number of aliphatic carboxylic acids is 1. The van der Waals surface area contributed by atoms with Crippen molar-refractivity contribution >= 4 is 34.2 Å². The third kappa shape index (κ3) is 3.55. The molecule has 0 aliphatic heterocycles. The van der Waals surface area contributed by atoms with Crippen molar-refractivity contribution in [3.63, 3.8) is 0 Å². The number of methoxy groups -OCH3 is 1. The highest BCUT2D eigenvalue weighted by Crippen LogP contribution is 2.53. The Bertz CT molecular complexity index is 883. The minimum Gasteiger partial charge on any atom is -0.481 e. The molecule has 1 heterocycles. The first-order valence-electron chi connectivity index (χ1n) is 10.9. The molecule has 1 aromatic rings. The second-order valence-corrected chi connectivity index (χ2v) is 11.3. The van der Waals surface area contributed by atoms with E-state index in [0.29, 0.717) is 16.5 Å². The highest BCUT2D eigenvalue weighted by atomic mass is 32.1. The first-order chi connectivity index (χ1) is 14.1. The number of carboxylic acids is 1. The average molecular weight is 434 g/mol. The van der Waals surface area contributed by atoms with Gasteiger partial charge in [-0.25, -0.2) is 4.79 Å². The SMILES string of the molecule is COC(=O)c1c(NC(=O)[C@H]2[C@@H]3CC[C@@H](C3)[C@@H]2C(=O)O)sc2c1CC[C@H](C(C)(C)C)C2. The standard InChI is InChI=1S/C23H31NO5S/c1-23(2,3)13-7-8-14-15(10-13)30-20(18(14)22(28)29-4)24-19(25)16-11-5-6-12(9-11)17(16)21(26)27/h11-13,16-17H,5-10H2,1-4H3,(H,24,25)(H,26,27)/t11-,12+,13+,16+,17+/m1/s1. The number of rotatable bonds is 4. The summed E-state index contributed by atoms with van der Waals surface area (Å²) in [6.45, 7) is 6.71. The molecular weight excluding hydrogens is 402 g/mol. The molecule has 1 aromatic heterocycles. The highest BCUT2D eigenvalue weighted by Gasteiger charge is 2.54. The van der Waals surface area contributed by atoms with Crippen LogP contribution in [0.2, 0.25) is 0 Å². The van der Waals surface area contributed by atoms with Crippen molar-refractivity contribution in [2.45, 2.75) is 59.3 Å². The minimum absolute atomic E-state index is 0.0902. The Morgan fingerprint density at radius 2 is 1.77 bits per heavy atom. The van der Waals surface area contributed by atoms with Gasteiger partial charge in [-0.3, -0.25) is 9.59 Å². The van der Waals surface area contributed by atoms with E-state index in [9.17, 15) is 19.5 Å². The first kappa shape index (κ1) is 21.3. The van der Waals surface area contributed by atoms with Gasteiger partial charge in [0.2, 0.25) is 5.91 Å². The second-order valence-electron chi connectivity index (χ2n) is 10.2. The van der Waals surface area contributed by atoms with Crippen LogP contribution >= 0.6 is 11.3 Å². The van der Waals surface area contributed by atoms with Gasteiger partial charge in [-0.1, -0.05) is 20.8 Å². The molecule has 2 bridgehead atoms. The number of hydrogen-bond donors (Lipinski definition) is 2. The Labute approximate surface area is 181 Å². The lowest BCUT2D eigenvalue weighted by Gasteiger charge is -2.33. The van der Waals surface area contributed by atoms with E-state index in [2.05, 4.69) is 26.1 Å². The fourth-order valence-electron chi connectivity index (χ4n) is 5.95. The first-order valence-corrected chi connectivity index (χ1v) is 11.7. The average Bonchev–Trinajstić information content (AvgIpc) is 3.38. The Morgan fingerprint density at radius 1 is 1.10 bits per heavy atom. The largest absolute Gasteiger partial charge is 0.481 e. The van der Waals surface area contributed by atoms with E-state index in [1.54, 1.807) is 0 Å². The molecule has 30 heavy (non-hydrogen) atoms. The van der Waals surface area contributed by atoms with E-state index in [0.717, 1.165) is 49.0 Å². The van der Waals surface area contributed by atoms with Gasteiger partial charge < -0.3 is 15.2 Å². The number of carboxylic acid groups (broad SMARTS) is 1. The summed E-state index contributed by atoms with van der Waals surface area (Å²) in [7, 11) is 1.36. The zero-order chi connectivity index (χ0) is 21.8. The molecule has 6 nitrogen and oxygen atoms in total. The van der Waals surface area contributed by atoms with Gasteiger partial charge in [-0.15, -0.1) is 11.3 Å². The molecule has 3 aliphatic rings. The maximum absolute atomic E-state index is 13.2. The van der Waals surface area contributed by atoms with E-state index in [-0.39, 0.29) is 23.2 Å². The molecule has 1 amide bonds. The van der Waals surface area contributed by atoms with Crippen LogP contribution in [0.15, 0.2) is 0 Å². The lowest BCUT2D eigenvalue weighted by molar-refractivity contribution is -0.148. The molecule has 0 spiro atoms.